The van der Waals surface area contributed by atoms with Crippen LogP contribution in [-0.4, -0.2) is 11.5 Å². The van der Waals surface area contributed by atoms with Gasteiger partial charge in [-0.3, -0.25) is 0 Å². The molecule has 0 saturated heterocycles. The van der Waals surface area contributed by atoms with Crippen LogP contribution in [0.3, 0.4) is 0 Å². The lowest BCUT2D eigenvalue weighted by molar-refractivity contribution is 0.217. The van der Waals surface area contributed by atoms with E-state index in [1.807, 2.05) is 0 Å². The van der Waals surface area contributed by atoms with Crippen molar-refractivity contribution in [2.45, 2.75) is 51.0 Å². The van der Waals surface area contributed by atoms with Gasteiger partial charge in [0.1, 0.15) is 11.9 Å². The van der Waals surface area contributed by atoms with E-state index in [9.17, 15) is 0 Å². The fourth-order valence-electron chi connectivity index (χ4n) is 2.18. The van der Waals surface area contributed by atoms with Crippen LogP contribution in [0.5, 0.6) is 5.75 Å². The summed E-state index contributed by atoms with van der Waals surface area (Å²) in [5.41, 5.74) is 2.67. The minimum absolute atomic E-state index is 0.300. The van der Waals surface area contributed by atoms with Gasteiger partial charge in [0, 0.05) is 11.8 Å². The van der Waals surface area contributed by atoms with Gasteiger partial charge in [0.05, 0.1) is 0 Å². The fraction of sp³-hybridized carbons (Fsp3) is 0.571. The largest absolute Gasteiger partial charge is 0.490 e. The first kappa shape index (κ1) is 11.8. The van der Waals surface area contributed by atoms with Crippen LogP contribution in [0.15, 0.2) is 18.2 Å². The summed E-state index contributed by atoms with van der Waals surface area (Å²) in [6.45, 7) is 4.25. The molecule has 2 rings (SSSR count). The zero-order chi connectivity index (χ0) is 11.5. The monoisotopic (exact) mass is 238 g/mol. The van der Waals surface area contributed by atoms with E-state index in [4.69, 9.17) is 16.3 Å². The maximum atomic E-state index is 6.12. The molecule has 0 N–H and O–H groups in total. The Labute approximate surface area is 103 Å². The summed E-state index contributed by atoms with van der Waals surface area (Å²) in [6.07, 6.45) is 4.54. The highest BCUT2D eigenvalue weighted by Gasteiger charge is 2.22. The van der Waals surface area contributed by atoms with Gasteiger partial charge >= 0.3 is 0 Å². The number of alkyl halides is 1. The minimum atomic E-state index is 0.300. The maximum Gasteiger partial charge on any atom is 0.123 e. The van der Waals surface area contributed by atoms with Crippen molar-refractivity contribution in [1.29, 1.82) is 0 Å². The standard InChI is InChI=1S/C14H19ClO/c1-3-12(15)5-6-13-9-11-8-10(2)4-7-14(11)16-13/h4,7-8,12-13H,3,5-6,9H2,1-2H3. The highest BCUT2D eigenvalue weighted by atomic mass is 35.5. The van der Waals surface area contributed by atoms with Crippen molar-refractivity contribution in [1.82, 2.24) is 0 Å². The van der Waals surface area contributed by atoms with E-state index in [1.165, 1.54) is 11.1 Å². The molecule has 1 heterocycles. The van der Waals surface area contributed by atoms with E-state index < -0.39 is 0 Å². The number of rotatable bonds is 4. The molecule has 1 aliphatic heterocycles. The number of hydrogen-bond donors (Lipinski definition) is 0. The molecule has 2 atom stereocenters. The number of benzene rings is 1. The summed E-state index contributed by atoms with van der Waals surface area (Å²) >= 11 is 6.12. The van der Waals surface area contributed by atoms with Crippen LogP contribution in [-0.2, 0) is 6.42 Å². The van der Waals surface area contributed by atoms with Gasteiger partial charge in [0.15, 0.2) is 0 Å². The number of aryl methyl sites for hydroxylation is 1. The third kappa shape index (κ3) is 2.70. The zero-order valence-corrected chi connectivity index (χ0v) is 10.8. The predicted molar refractivity (Wildman–Crippen MR) is 68.5 cm³/mol. The first-order chi connectivity index (χ1) is 7.69. The quantitative estimate of drug-likeness (QED) is 0.718. The Morgan fingerprint density at radius 3 is 3.06 bits per heavy atom. The smallest absolute Gasteiger partial charge is 0.123 e. The Hall–Kier alpha value is -0.690. The van der Waals surface area contributed by atoms with Crippen molar-refractivity contribution in [2.75, 3.05) is 0 Å². The van der Waals surface area contributed by atoms with Gasteiger partial charge in [0.25, 0.3) is 0 Å². The van der Waals surface area contributed by atoms with Crippen molar-refractivity contribution in [3.05, 3.63) is 29.3 Å². The lowest BCUT2D eigenvalue weighted by Crippen LogP contribution is -2.14. The third-order valence-corrected chi connectivity index (χ3v) is 3.73. The molecule has 0 radical (unpaired) electrons. The van der Waals surface area contributed by atoms with Crippen molar-refractivity contribution in [2.24, 2.45) is 0 Å². The van der Waals surface area contributed by atoms with Crippen LogP contribution >= 0.6 is 11.6 Å². The lowest BCUT2D eigenvalue weighted by atomic mass is 10.0. The SMILES string of the molecule is CCC(Cl)CCC1Cc2cc(C)ccc2O1. The van der Waals surface area contributed by atoms with Gasteiger partial charge in [-0.05, 0) is 37.8 Å². The normalized spacial score (nSPS) is 20.3. The molecule has 2 unspecified atom stereocenters. The molecule has 0 amide bonds. The van der Waals surface area contributed by atoms with Crippen LogP contribution in [0, 0.1) is 6.92 Å². The molecular weight excluding hydrogens is 220 g/mol. The molecule has 0 saturated carbocycles. The van der Waals surface area contributed by atoms with E-state index in [0.717, 1.165) is 31.4 Å². The molecular formula is C14H19ClO. The van der Waals surface area contributed by atoms with Gasteiger partial charge in [0.2, 0.25) is 0 Å². The molecule has 0 bridgehead atoms. The molecule has 16 heavy (non-hydrogen) atoms. The Balaban J connectivity index is 1.90. The third-order valence-electron chi connectivity index (χ3n) is 3.20. The molecule has 88 valence electrons. The molecule has 0 aromatic heterocycles. The van der Waals surface area contributed by atoms with Crippen LogP contribution in [0.1, 0.15) is 37.3 Å². The number of fused-ring (bicyclic) bond motifs is 1. The number of ether oxygens (including phenoxy) is 1. The highest BCUT2D eigenvalue weighted by molar-refractivity contribution is 6.20. The number of halogens is 1. The summed E-state index contributed by atoms with van der Waals surface area (Å²) in [7, 11) is 0. The van der Waals surface area contributed by atoms with Crippen LogP contribution in [0.2, 0.25) is 0 Å². The maximum absolute atomic E-state index is 6.12. The summed E-state index contributed by atoms with van der Waals surface area (Å²) in [6, 6.07) is 6.42. The summed E-state index contributed by atoms with van der Waals surface area (Å²) in [4.78, 5) is 0. The van der Waals surface area contributed by atoms with Crippen molar-refractivity contribution < 1.29 is 4.74 Å². The molecule has 2 heteroatoms. The molecule has 1 aliphatic rings. The predicted octanol–water partition coefficient (Wildman–Crippen LogP) is 4.10. The number of hydrogen-bond acceptors (Lipinski definition) is 1. The molecule has 1 aromatic rings. The first-order valence-electron chi connectivity index (χ1n) is 6.09. The van der Waals surface area contributed by atoms with Crippen molar-refractivity contribution in [3.8, 4) is 5.75 Å². The second-order valence-corrected chi connectivity index (χ2v) is 5.26. The second-order valence-electron chi connectivity index (χ2n) is 4.64. The van der Waals surface area contributed by atoms with Gasteiger partial charge in [-0.2, -0.15) is 0 Å². The molecule has 1 nitrogen and oxygen atoms in total. The van der Waals surface area contributed by atoms with Gasteiger partial charge in [-0.25, -0.2) is 0 Å². The molecule has 0 fully saturated rings. The molecule has 0 aliphatic carbocycles. The van der Waals surface area contributed by atoms with Gasteiger partial charge < -0.3 is 4.74 Å². The van der Waals surface area contributed by atoms with Crippen LogP contribution < -0.4 is 4.74 Å². The Kier molecular flexibility index (Phi) is 3.75. The summed E-state index contributed by atoms with van der Waals surface area (Å²) < 4.78 is 5.90. The molecule has 0 spiro atoms. The van der Waals surface area contributed by atoms with Crippen molar-refractivity contribution >= 4 is 11.6 Å². The zero-order valence-electron chi connectivity index (χ0n) is 10.0. The average molecular weight is 239 g/mol. The highest BCUT2D eigenvalue weighted by Crippen LogP contribution is 2.31. The Morgan fingerprint density at radius 2 is 2.31 bits per heavy atom. The topological polar surface area (TPSA) is 9.23 Å². The summed E-state index contributed by atoms with van der Waals surface area (Å²) in [5, 5.41) is 0.300. The van der Waals surface area contributed by atoms with E-state index in [0.29, 0.717) is 11.5 Å². The van der Waals surface area contributed by atoms with Gasteiger partial charge in [-0.1, -0.05) is 24.6 Å². The minimum Gasteiger partial charge on any atom is -0.490 e. The van der Waals surface area contributed by atoms with Crippen LogP contribution in [0.4, 0.5) is 0 Å². The summed E-state index contributed by atoms with van der Waals surface area (Å²) in [5.74, 6) is 1.07. The van der Waals surface area contributed by atoms with E-state index in [-0.39, 0.29) is 0 Å². The van der Waals surface area contributed by atoms with E-state index in [2.05, 4.69) is 32.0 Å². The first-order valence-corrected chi connectivity index (χ1v) is 6.53. The molecule has 1 aromatic carbocycles. The Bertz CT molecular complexity index is 362. The van der Waals surface area contributed by atoms with Crippen molar-refractivity contribution in [3.63, 3.8) is 0 Å². The second kappa shape index (κ2) is 5.09. The Morgan fingerprint density at radius 1 is 1.50 bits per heavy atom. The van der Waals surface area contributed by atoms with Crippen LogP contribution in [0.25, 0.3) is 0 Å². The van der Waals surface area contributed by atoms with E-state index in [1.54, 1.807) is 0 Å². The fourth-order valence-corrected chi connectivity index (χ4v) is 2.31. The van der Waals surface area contributed by atoms with Gasteiger partial charge in [-0.15, -0.1) is 11.6 Å². The average Bonchev–Trinajstić information content (AvgIpc) is 2.67. The lowest BCUT2D eigenvalue weighted by Gasteiger charge is -2.12. The van der Waals surface area contributed by atoms with E-state index >= 15 is 0 Å².